The van der Waals surface area contributed by atoms with Gasteiger partial charge in [0.05, 0.1) is 0 Å². The zero-order valence-electron chi connectivity index (χ0n) is 11.8. The lowest BCUT2D eigenvalue weighted by atomic mass is 10.1. The molecule has 0 aliphatic rings. The number of hydrogen-bond donors (Lipinski definition) is 0. The molecule has 2 heteroatoms. The SMILES string of the molecule is C=CCCCCc1ccc[n+](Cc2ccccc2)c1.[Cl-]. The van der Waals surface area contributed by atoms with Crippen LogP contribution in [0.25, 0.3) is 0 Å². The number of allylic oxidation sites excluding steroid dienone is 1. The van der Waals surface area contributed by atoms with Crippen molar-refractivity contribution in [1.29, 1.82) is 0 Å². The number of aromatic nitrogens is 1. The van der Waals surface area contributed by atoms with Crippen molar-refractivity contribution in [2.75, 3.05) is 0 Å². The van der Waals surface area contributed by atoms with Crippen molar-refractivity contribution in [1.82, 2.24) is 0 Å². The number of aryl methyl sites for hydroxylation is 1. The van der Waals surface area contributed by atoms with Crippen LogP contribution in [0, 0.1) is 0 Å². The zero-order chi connectivity index (χ0) is 13.3. The highest BCUT2D eigenvalue weighted by atomic mass is 35.5. The molecule has 20 heavy (non-hydrogen) atoms. The normalized spacial score (nSPS) is 9.80. The van der Waals surface area contributed by atoms with Crippen molar-refractivity contribution in [3.8, 4) is 0 Å². The van der Waals surface area contributed by atoms with Crippen molar-refractivity contribution >= 4 is 0 Å². The summed E-state index contributed by atoms with van der Waals surface area (Å²) in [6.07, 6.45) is 11.2. The summed E-state index contributed by atoms with van der Waals surface area (Å²) >= 11 is 0. The van der Waals surface area contributed by atoms with Crippen LogP contribution in [0.4, 0.5) is 0 Å². The highest BCUT2D eigenvalue weighted by Crippen LogP contribution is 2.05. The fraction of sp³-hybridized carbons (Fsp3) is 0.278. The number of hydrogen-bond acceptors (Lipinski definition) is 0. The summed E-state index contributed by atoms with van der Waals surface area (Å²) in [5, 5.41) is 0. The topological polar surface area (TPSA) is 3.88 Å². The molecule has 0 aliphatic heterocycles. The van der Waals surface area contributed by atoms with Gasteiger partial charge in [-0.15, -0.1) is 6.58 Å². The Kier molecular flexibility index (Phi) is 7.67. The molecule has 0 atom stereocenters. The summed E-state index contributed by atoms with van der Waals surface area (Å²) in [5.74, 6) is 0. The lowest BCUT2D eigenvalue weighted by Crippen LogP contribution is -3.00. The summed E-state index contributed by atoms with van der Waals surface area (Å²) in [7, 11) is 0. The molecule has 2 aromatic rings. The second kappa shape index (κ2) is 9.33. The van der Waals surface area contributed by atoms with Gasteiger partial charge in [0.25, 0.3) is 0 Å². The molecule has 1 nitrogen and oxygen atoms in total. The van der Waals surface area contributed by atoms with Gasteiger partial charge in [-0.05, 0) is 31.7 Å². The van der Waals surface area contributed by atoms with E-state index in [1.54, 1.807) is 0 Å². The molecule has 0 spiro atoms. The quantitative estimate of drug-likeness (QED) is 0.405. The Labute approximate surface area is 128 Å². The van der Waals surface area contributed by atoms with E-state index in [4.69, 9.17) is 0 Å². The van der Waals surface area contributed by atoms with Crippen LogP contribution >= 0.6 is 0 Å². The molecule has 0 aliphatic carbocycles. The lowest BCUT2D eigenvalue weighted by molar-refractivity contribution is -0.688. The van der Waals surface area contributed by atoms with Gasteiger partial charge >= 0.3 is 0 Å². The molecule has 0 unspecified atom stereocenters. The highest BCUT2D eigenvalue weighted by Gasteiger charge is 2.03. The number of rotatable bonds is 7. The molecule has 0 N–H and O–H groups in total. The van der Waals surface area contributed by atoms with Crippen LogP contribution in [0.1, 0.15) is 30.4 Å². The predicted molar refractivity (Wildman–Crippen MR) is 79.9 cm³/mol. The van der Waals surface area contributed by atoms with Crippen LogP contribution in [0.2, 0.25) is 0 Å². The molecule has 2 rings (SSSR count). The molecule has 0 saturated carbocycles. The maximum Gasteiger partial charge on any atom is 0.173 e. The molecular formula is C18H22ClN. The third-order valence-corrected chi connectivity index (χ3v) is 3.25. The van der Waals surface area contributed by atoms with Gasteiger partial charge in [-0.25, -0.2) is 4.57 Å². The second-order valence-electron chi connectivity index (χ2n) is 4.90. The van der Waals surface area contributed by atoms with E-state index >= 15 is 0 Å². The Morgan fingerprint density at radius 2 is 1.70 bits per heavy atom. The fourth-order valence-electron chi connectivity index (χ4n) is 2.23. The lowest BCUT2D eigenvalue weighted by Gasteiger charge is -2.01. The second-order valence-corrected chi connectivity index (χ2v) is 4.90. The van der Waals surface area contributed by atoms with Crippen LogP contribution in [0.3, 0.4) is 0 Å². The predicted octanol–water partition coefficient (Wildman–Crippen LogP) is 0.925. The van der Waals surface area contributed by atoms with E-state index < -0.39 is 0 Å². The highest BCUT2D eigenvalue weighted by molar-refractivity contribution is 5.13. The summed E-state index contributed by atoms with van der Waals surface area (Å²) in [5.41, 5.74) is 2.76. The molecule has 0 amide bonds. The van der Waals surface area contributed by atoms with E-state index in [9.17, 15) is 0 Å². The number of benzene rings is 1. The minimum Gasteiger partial charge on any atom is -1.00 e. The van der Waals surface area contributed by atoms with Crippen molar-refractivity contribution in [2.24, 2.45) is 0 Å². The average molecular weight is 288 g/mol. The van der Waals surface area contributed by atoms with Gasteiger partial charge < -0.3 is 12.4 Å². The first kappa shape index (κ1) is 16.5. The van der Waals surface area contributed by atoms with E-state index in [-0.39, 0.29) is 12.4 Å². The molecule has 0 bridgehead atoms. The third kappa shape index (κ3) is 5.58. The molecule has 1 heterocycles. The molecular weight excluding hydrogens is 266 g/mol. The summed E-state index contributed by atoms with van der Waals surface area (Å²) in [6.45, 7) is 4.71. The Balaban J connectivity index is 0.00000200. The summed E-state index contributed by atoms with van der Waals surface area (Å²) in [6, 6.07) is 14.9. The molecule has 0 fully saturated rings. The van der Waals surface area contributed by atoms with Crippen LogP contribution in [-0.2, 0) is 13.0 Å². The van der Waals surface area contributed by atoms with Crippen molar-refractivity contribution in [3.63, 3.8) is 0 Å². The third-order valence-electron chi connectivity index (χ3n) is 3.25. The number of pyridine rings is 1. The fourth-order valence-corrected chi connectivity index (χ4v) is 2.23. The standard InChI is InChI=1S/C18H22N.ClH/c1-2-3-4-6-10-18-13-9-14-19(16-18)15-17-11-7-5-8-12-17;/h2,5,7-9,11-14,16H,1,3-4,6,10,15H2;1H/q+1;/p-1. The van der Waals surface area contributed by atoms with Crippen LogP contribution in [0.15, 0.2) is 67.5 Å². The molecule has 106 valence electrons. The number of unbranched alkanes of at least 4 members (excludes halogenated alkanes) is 2. The van der Waals surface area contributed by atoms with Crippen molar-refractivity contribution < 1.29 is 17.0 Å². The minimum atomic E-state index is 0. The van der Waals surface area contributed by atoms with Gasteiger partial charge in [0.15, 0.2) is 18.9 Å². The maximum atomic E-state index is 3.76. The molecule has 0 radical (unpaired) electrons. The van der Waals surface area contributed by atoms with E-state index in [1.165, 1.54) is 24.0 Å². The van der Waals surface area contributed by atoms with E-state index in [0.717, 1.165) is 19.4 Å². The smallest absolute Gasteiger partial charge is 0.173 e. The van der Waals surface area contributed by atoms with Gasteiger partial charge in [-0.1, -0.05) is 36.4 Å². The van der Waals surface area contributed by atoms with E-state index in [1.807, 2.05) is 6.08 Å². The van der Waals surface area contributed by atoms with E-state index in [2.05, 4.69) is 66.0 Å². The molecule has 0 saturated heterocycles. The summed E-state index contributed by atoms with van der Waals surface area (Å²) < 4.78 is 2.26. The monoisotopic (exact) mass is 287 g/mol. The maximum absolute atomic E-state index is 3.76. The average Bonchev–Trinajstić information content (AvgIpc) is 2.45. The van der Waals surface area contributed by atoms with Crippen LogP contribution in [-0.4, -0.2) is 0 Å². The first-order valence-corrected chi connectivity index (χ1v) is 7.01. The Morgan fingerprint density at radius 3 is 2.45 bits per heavy atom. The Bertz CT molecular complexity index is 508. The van der Waals surface area contributed by atoms with Crippen LogP contribution in [0.5, 0.6) is 0 Å². The van der Waals surface area contributed by atoms with Gasteiger partial charge in [-0.2, -0.15) is 0 Å². The minimum absolute atomic E-state index is 0. The Morgan fingerprint density at radius 1 is 0.950 bits per heavy atom. The summed E-state index contributed by atoms with van der Waals surface area (Å²) in [4.78, 5) is 0. The van der Waals surface area contributed by atoms with Crippen molar-refractivity contribution in [2.45, 2.75) is 32.2 Å². The van der Waals surface area contributed by atoms with Crippen molar-refractivity contribution in [3.05, 3.63) is 78.6 Å². The number of nitrogens with zero attached hydrogens (tertiary/aromatic N) is 1. The zero-order valence-corrected chi connectivity index (χ0v) is 12.6. The van der Waals surface area contributed by atoms with Gasteiger partial charge in [0, 0.05) is 17.2 Å². The molecule has 1 aromatic heterocycles. The largest absolute Gasteiger partial charge is 1.00 e. The van der Waals surface area contributed by atoms with E-state index in [0.29, 0.717) is 0 Å². The van der Waals surface area contributed by atoms with Gasteiger partial charge in [0.2, 0.25) is 0 Å². The first-order chi connectivity index (χ1) is 9.38. The number of halogens is 1. The molecule has 1 aromatic carbocycles. The van der Waals surface area contributed by atoms with Crippen LogP contribution < -0.4 is 17.0 Å². The van der Waals surface area contributed by atoms with Gasteiger partial charge in [0.1, 0.15) is 0 Å². The Hall–Kier alpha value is -1.60. The first-order valence-electron chi connectivity index (χ1n) is 7.01. The van der Waals surface area contributed by atoms with Gasteiger partial charge in [-0.3, -0.25) is 0 Å².